The van der Waals surface area contributed by atoms with Crippen LogP contribution in [0.2, 0.25) is 0 Å². The van der Waals surface area contributed by atoms with E-state index >= 15 is 0 Å². The van der Waals surface area contributed by atoms with E-state index in [1.54, 1.807) is 0 Å². The Morgan fingerprint density at radius 3 is 1.33 bits per heavy atom. The molecule has 0 saturated carbocycles. The molecule has 1 nitrogen and oxygen atoms in total. The van der Waals surface area contributed by atoms with Crippen molar-refractivity contribution in [2.45, 2.75) is 6.92 Å². The molecule has 0 aliphatic carbocycles. The molecule has 6 heteroatoms. The summed E-state index contributed by atoms with van der Waals surface area (Å²) in [7, 11) is -6.00. The number of halogens is 4. The summed E-state index contributed by atoms with van der Waals surface area (Å²) < 4.78 is 45.0. The number of aryl methyl sites for hydroxylation is 1. The van der Waals surface area contributed by atoms with E-state index in [1.165, 1.54) is 5.56 Å². The molecular weight excluding hydrogens is 319 g/mol. The molecule has 0 fully saturated rings. The zero-order valence-corrected chi connectivity index (χ0v) is 12.9. The van der Waals surface area contributed by atoms with Gasteiger partial charge < -0.3 is 17.3 Å². The third-order valence-electron chi connectivity index (χ3n) is 3.05. The molecule has 0 aliphatic rings. The molecule has 1 heterocycles. The summed E-state index contributed by atoms with van der Waals surface area (Å²) >= 11 is 0. The fourth-order valence-corrected chi connectivity index (χ4v) is 2.12. The smallest absolute Gasteiger partial charge is 0.418 e. The van der Waals surface area contributed by atoms with Crippen molar-refractivity contribution in [3.8, 4) is 22.6 Å². The van der Waals surface area contributed by atoms with Crippen LogP contribution in [0.25, 0.3) is 22.6 Å². The molecule has 3 aromatic rings. The van der Waals surface area contributed by atoms with Crippen LogP contribution >= 0.6 is 0 Å². The summed E-state index contributed by atoms with van der Waals surface area (Å²) in [5.41, 5.74) is 3.40. The van der Waals surface area contributed by atoms with Gasteiger partial charge in [0.05, 0.1) is 11.1 Å². The standard InChI is InChI=1S/C18H15O.BF4/c1-14-12-17(15-8-4-2-5-9-15)19-18(13-14)16-10-6-3-7-11-16;2-1(3,4)5/h2-13H,1H3;/q+1;-1. The zero-order chi connectivity index (χ0) is 17.6. The first-order valence-electron chi connectivity index (χ1n) is 7.26. The first kappa shape index (κ1) is 17.7. The van der Waals surface area contributed by atoms with Crippen molar-refractivity contribution in [2.75, 3.05) is 0 Å². The van der Waals surface area contributed by atoms with Crippen LogP contribution in [-0.2, 0) is 0 Å². The van der Waals surface area contributed by atoms with Gasteiger partial charge in [0.2, 0.25) is 0 Å². The molecule has 24 heavy (non-hydrogen) atoms. The zero-order valence-electron chi connectivity index (χ0n) is 12.9. The van der Waals surface area contributed by atoms with Crippen molar-refractivity contribution in [3.05, 3.63) is 78.4 Å². The molecule has 0 aliphatic heterocycles. The lowest BCUT2D eigenvalue weighted by Crippen LogP contribution is -2.02. The third-order valence-corrected chi connectivity index (χ3v) is 3.05. The highest BCUT2D eigenvalue weighted by Gasteiger charge is 2.20. The minimum absolute atomic E-state index is 0.902. The molecule has 124 valence electrons. The van der Waals surface area contributed by atoms with Crippen LogP contribution in [0.1, 0.15) is 5.56 Å². The topological polar surface area (TPSA) is 11.3 Å². The van der Waals surface area contributed by atoms with Crippen LogP contribution in [0.15, 0.2) is 77.2 Å². The highest BCUT2D eigenvalue weighted by molar-refractivity contribution is 6.50. The molecule has 0 N–H and O–H groups in total. The fourth-order valence-electron chi connectivity index (χ4n) is 2.12. The van der Waals surface area contributed by atoms with Crippen molar-refractivity contribution in [2.24, 2.45) is 0 Å². The number of hydrogen-bond donors (Lipinski definition) is 0. The maximum absolute atomic E-state index is 9.75. The lowest BCUT2D eigenvalue weighted by molar-refractivity contribution is 0.368. The van der Waals surface area contributed by atoms with Gasteiger partial charge in [0, 0.05) is 12.1 Å². The Kier molecular flexibility index (Phi) is 5.74. The second-order valence-electron chi connectivity index (χ2n) is 5.09. The Hall–Kier alpha value is -2.63. The average molecular weight is 334 g/mol. The molecule has 0 spiro atoms. The fraction of sp³-hybridized carbons (Fsp3) is 0.0556. The van der Waals surface area contributed by atoms with Crippen LogP contribution in [0.5, 0.6) is 0 Å². The highest BCUT2D eigenvalue weighted by atomic mass is 19.5. The Morgan fingerprint density at radius 2 is 1.00 bits per heavy atom. The van der Waals surface area contributed by atoms with Gasteiger partial charge >= 0.3 is 18.8 Å². The third kappa shape index (κ3) is 5.87. The number of rotatable bonds is 2. The summed E-state index contributed by atoms with van der Waals surface area (Å²) in [5.74, 6) is 1.80. The maximum atomic E-state index is 9.75. The van der Waals surface area contributed by atoms with Crippen molar-refractivity contribution in [3.63, 3.8) is 0 Å². The van der Waals surface area contributed by atoms with E-state index in [2.05, 4.69) is 43.3 Å². The molecule has 0 radical (unpaired) electrons. The van der Waals surface area contributed by atoms with Crippen molar-refractivity contribution in [1.82, 2.24) is 0 Å². The molecule has 0 unspecified atom stereocenters. The molecule has 3 rings (SSSR count). The van der Waals surface area contributed by atoms with E-state index in [-0.39, 0.29) is 0 Å². The summed E-state index contributed by atoms with van der Waals surface area (Å²) in [6, 6.07) is 24.5. The second kappa shape index (κ2) is 7.77. The van der Waals surface area contributed by atoms with Gasteiger partial charge in [0.25, 0.3) is 0 Å². The van der Waals surface area contributed by atoms with Crippen molar-refractivity contribution < 1.29 is 21.7 Å². The van der Waals surface area contributed by atoms with Gasteiger partial charge in [-0.15, -0.1) is 0 Å². The summed E-state index contributed by atoms with van der Waals surface area (Å²) in [4.78, 5) is 0. The lowest BCUT2D eigenvalue weighted by atomic mass is 10.1. The normalized spacial score (nSPS) is 10.7. The first-order valence-corrected chi connectivity index (χ1v) is 7.26. The van der Waals surface area contributed by atoms with Crippen molar-refractivity contribution >= 4 is 7.25 Å². The van der Waals surface area contributed by atoms with E-state index in [1.807, 2.05) is 36.4 Å². The van der Waals surface area contributed by atoms with Crippen LogP contribution in [0.4, 0.5) is 17.3 Å². The monoisotopic (exact) mass is 334 g/mol. The Labute approximate surface area is 137 Å². The molecule has 1 aromatic heterocycles. The van der Waals surface area contributed by atoms with Gasteiger partial charge in [-0.3, -0.25) is 0 Å². The van der Waals surface area contributed by atoms with Crippen LogP contribution < -0.4 is 0 Å². The van der Waals surface area contributed by atoms with E-state index < -0.39 is 7.25 Å². The molecule has 0 atom stereocenters. The number of benzene rings is 2. The lowest BCUT2D eigenvalue weighted by Gasteiger charge is -1.96. The summed E-state index contributed by atoms with van der Waals surface area (Å²) in [5, 5.41) is 0. The van der Waals surface area contributed by atoms with E-state index in [0.29, 0.717) is 0 Å². The molecule has 0 amide bonds. The van der Waals surface area contributed by atoms with Gasteiger partial charge in [0.15, 0.2) is 0 Å². The van der Waals surface area contributed by atoms with E-state index in [0.717, 1.165) is 22.6 Å². The summed E-state index contributed by atoms with van der Waals surface area (Å²) in [6.07, 6.45) is 0. The maximum Gasteiger partial charge on any atom is 0.673 e. The predicted octanol–water partition coefficient (Wildman–Crippen LogP) is 6.50. The molecule has 2 aromatic carbocycles. The number of hydrogen-bond acceptors (Lipinski definition) is 0. The second-order valence-corrected chi connectivity index (χ2v) is 5.09. The van der Waals surface area contributed by atoms with Gasteiger partial charge in [-0.1, -0.05) is 36.4 Å². The Morgan fingerprint density at radius 1 is 0.667 bits per heavy atom. The minimum Gasteiger partial charge on any atom is -0.418 e. The minimum atomic E-state index is -6.00. The van der Waals surface area contributed by atoms with Crippen LogP contribution in [-0.4, -0.2) is 7.25 Å². The Balaban J connectivity index is 0.000000368. The molecule has 0 saturated heterocycles. The van der Waals surface area contributed by atoms with Crippen LogP contribution in [0.3, 0.4) is 0 Å². The van der Waals surface area contributed by atoms with E-state index in [4.69, 9.17) is 4.42 Å². The van der Waals surface area contributed by atoms with Gasteiger partial charge in [-0.2, -0.15) is 0 Å². The largest absolute Gasteiger partial charge is 0.673 e. The molecular formula is C18H15BF4O. The highest BCUT2D eigenvalue weighted by Crippen LogP contribution is 2.27. The Bertz CT molecular complexity index is 710. The van der Waals surface area contributed by atoms with Gasteiger partial charge in [0.1, 0.15) is 0 Å². The van der Waals surface area contributed by atoms with Crippen molar-refractivity contribution in [1.29, 1.82) is 0 Å². The van der Waals surface area contributed by atoms with Gasteiger partial charge in [-0.25, -0.2) is 4.42 Å². The van der Waals surface area contributed by atoms with Crippen LogP contribution in [0, 0.1) is 6.92 Å². The summed E-state index contributed by atoms with van der Waals surface area (Å²) in [6.45, 7) is 2.09. The first-order chi connectivity index (χ1) is 11.3. The molecule has 0 bridgehead atoms. The SMILES string of the molecule is Cc1cc(-c2ccccc2)[o+]c(-c2ccccc2)c1.F[B-](F)(F)F. The quantitative estimate of drug-likeness (QED) is 0.296. The average Bonchev–Trinajstić information content (AvgIpc) is 2.54. The predicted molar refractivity (Wildman–Crippen MR) is 88.9 cm³/mol. The van der Waals surface area contributed by atoms with E-state index in [9.17, 15) is 17.3 Å². The van der Waals surface area contributed by atoms with Gasteiger partial charge in [-0.05, 0) is 36.8 Å².